The van der Waals surface area contributed by atoms with Crippen molar-refractivity contribution in [3.63, 3.8) is 0 Å². The highest BCUT2D eigenvalue weighted by Gasteiger charge is 2.14. The maximum absolute atomic E-state index is 12.5. The van der Waals surface area contributed by atoms with E-state index in [1.807, 2.05) is 44.4 Å². The number of amides is 1. The summed E-state index contributed by atoms with van der Waals surface area (Å²) >= 11 is 1.31. The van der Waals surface area contributed by atoms with Gasteiger partial charge < -0.3 is 4.84 Å². The zero-order valence-corrected chi connectivity index (χ0v) is 15.6. The smallest absolute Gasteiger partial charge is 0.295 e. The monoisotopic (exact) mass is 369 g/mol. The van der Waals surface area contributed by atoms with E-state index in [1.54, 1.807) is 6.07 Å². The second-order valence-corrected chi connectivity index (χ2v) is 6.86. The third-order valence-corrected chi connectivity index (χ3v) is 4.74. The Kier molecular flexibility index (Phi) is 5.18. The van der Waals surface area contributed by atoms with Crippen LogP contribution in [0.5, 0.6) is 0 Å². The van der Waals surface area contributed by atoms with Crippen molar-refractivity contribution in [2.45, 2.75) is 27.4 Å². The first-order chi connectivity index (χ1) is 12.4. The number of rotatable bonds is 5. The predicted molar refractivity (Wildman–Crippen MR) is 102 cm³/mol. The molecule has 7 heteroatoms. The summed E-state index contributed by atoms with van der Waals surface area (Å²) in [7, 11) is 0. The minimum absolute atomic E-state index is 0.00122. The third-order valence-electron chi connectivity index (χ3n) is 3.86. The third kappa shape index (κ3) is 4.00. The summed E-state index contributed by atoms with van der Waals surface area (Å²) in [5.74, 6) is -0.506. The molecule has 0 spiro atoms. The molecule has 3 aromatic rings. The van der Waals surface area contributed by atoms with Gasteiger partial charge in [0.2, 0.25) is 0 Å². The van der Waals surface area contributed by atoms with Crippen LogP contribution in [-0.4, -0.2) is 15.6 Å². The fourth-order valence-electron chi connectivity index (χ4n) is 2.42. The lowest BCUT2D eigenvalue weighted by Gasteiger charge is -2.11. The Labute approximate surface area is 155 Å². The normalized spacial score (nSPS) is 10.6. The van der Waals surface area contributed by atoms with Gasteiger partial charge in [0, 0.05) is 11.6 Å². The van der Waals surface area contributed by atoms with Crippen LogP contribution in [0.1, 0.15) is 32.7 Å². The van der Waals surface area contributed by atoms with E-state index in [2.05, 4.69) is 10.3 Å². The van der Waals surface area contributed by atoms with Crippen LogP contribution in [0.2, 0.25) is 0 Å². The highest BCUT2D eigenvalue weighted by Crippen LogP contribution is 2.15. The Morgan fingerprint density at radius 3 is 2.81 bits per heavy atom. The molecule has 1 aromatic carbocycles. The van der Waals surface area contributed by atoms with Crippen molar-refractivity contribution in [2.75, 3.05) is 5.32 Å². The molecule has 2 aromatic heterocycles. The predicted octanol–water partition coefficient (Wildman–Crippen LogP) is 3.11. The molecular weight excluding hydrogens is 350 g/mol. The molecule has 6 nitrogen and oxygen atoms in total. The number of hydrogen-bond donors (Lipinski definition) is 1. The first-order valence-corrected chi connectivity index (χ1v) is 8.96. The summed E-state index contributed by atoms with van der Waals surface area (Å²) in [5.41, 5.74) is 3.49. The second kappa shape index (κ2) is 7.53. The lowest BCUT2D eigenvalue weighted by molar-refractivity contribution is 0.0860. The molecule has 2 heterocycles. The summed E-state index contributed by atoms with van der Waals surface area (Å²) in [6, 6.07) is 9.12. The molecule has 26 heavy (non-hydrogen) atoms. The molecule has 1 amide bonds. The first-order valence-electron chi connectivity index (χ1n) is 8.08. The highest BCUT2D eigenvalue weighted by atomic mass is 32.1. The van der Waals surface area contributed by atoms with E-state index in [0.717, 1.165) is 27.1 Å². The van der Waals surface area contributed by atoms with Crippen molar-refractivity contribution in [3.05, 3.63) is 80.2 Å². The molecule has 0 bridgehead atoms. The van der Waals surface area contributed by atoms with Crippen LogP contribution in [0.15, 0.2) is 46.7 Å². The van der Waals surface area contributed by atoms with Gasteiger partial charge >= 0.3 is 0 Å². The first kappa shape index (κ1) is 17.9. The summed E-state index contributed by atoms with van der Waals surface area (Å²) in [5, 5.41) is 4.92. The largest absolute Gasteiger partial charge is 0.406 e. The summed E-state index contributed by atoms with van der Waals surface area (Å²) in [4.78, 5) is 34.7. The average Bonchev–Trinajstić information content (AvgIpc) is 3.01. The molecule has 1 N–H and O–H groups in total. The van der Waals surface area contributed by atoms with Crippen LogP contribution in [0.25, 0.3) is 0 Å². The molecular formula is C19H19N3O3S. The summed E-state index contributed by atoms with van der Waals surface area (Å²) < 4.78 is 1.09. The lowest BCUT2D eigenvalue weighted by atomic mass is 10.1. The van der Waals surface area contributed by atoms with Crippen LogP contribution in [0.3, 0.4) is 0 Å². The average molecular weight is 369 g/mol. The zero-order chi connectivity index (χ0) is 18.7. The number of nitrogens with zero attached hydrogens (tertiary/aromatic N) is 2. The molecule has 0 aliphatic heterocycles. The Morgan fingerprint density at radius 1 is 1.27 bits per heavy atom. The maximum atomic E-state index is 12.5. The van der Waals surface area contributed by atoms with Gasteiger partial charge in [-0.05, 0) is 44.0 Å². The second-order valence-electron chi connectivity index (χ2n) is 6.00. The van der Waals surface area contributed by atoms with Crippen molar-refractivity contribution < 1.29 is 9.63 Å². The van der Waals surface area contributed by atoms with E-state index in [9.17, 15) is 9.59 Å². The molecule has 0 aliphatic rings. The fraction of sp³-hybridized carbons (Fsp3) is 0.211. The van der Waals surface area contributed by atoms with Crippen LogP contribution in [-0.2, 0) is 6.61 Å². The van der Waals surface area contributed by atoms with Crippen molar-refractivity contribution >= 4 is 22.4 Å². The van der Waals surface area contributed by atoms with Gasteiger partial charge in [0.15, 0.2) is 5.13 Å². The number of pyridine rings is 1. The number of anilines is 1. The quantitative estimate of drug-likeness (QED) is 0.750. The molecule has 0 saturated carbocycles. The number of hydrogen-bond acceptors (Lipinski definition) is 5. The van der Waals surface area contributed by atoms with E-state index in [4.69, 9.17) is 4.84 Å². The molecule has 0 fully saturated rings. The molecule has 3 rings (SSSR count). The van der Waals surface area contributed by atoms with E-state index in [0.29, 0.717) is 5.13 Å². The Hall–Kier alpha value is -2.93. The van der Waals surface area contributed by atoms with Gasteiger partial charge in [-0.3, -0.25) is 14.9 Å². The Balaban J connectivity index is 1.77. The zero-order valence-electron chi connectivity index (χ0n) is 14.8. The van der Waals surface area contributed by atoms with E-state index in [-0.39, 0.29) is 12.2 Å². The Bertz CT molecular complexity index is 1010. The van der Waals surface area contributed by atoms with Gasteiger partial charge in [0.05, 0.1) is 5.69 Å². The molecule has 0 radical (unpaired) electrons. The lowest BCUT2D eigenvalue weighted by Crippen LogP contribution is -2.32. The SMILES string of the molecule is Cc1ccc(C)c(COn2cccc(C(=O)Nc3nc(C)cs3)c2=O)c1. The molecule has 0 atom stereocenters. The van der Waals surface area contributed by atoms with Gasteiger partial charge in [-0.2, -0.15) is 4.73 Å². The number of nitrogens with one attached hydrogen (secondary N) is 1. The van der Waals surface area contributed by atoms with E-state index < -0.39 is 11.5 Å². The highest BCUT2D eigenvalue weighted by molar-refractivity contribution is 7.13. The van der Waals surface area contributed by atoms with Crippen LogP contribution in [0.4, 0.5) is 5.13 Å². The van der Waals surface area contributed by atoms with Crippen molar-refractivity contribution in [2.24, 2.45) is 0 Å². The van der Waals surface area contributed by atoms with Crippen molar-refractivity contribution in [3.8, 4) is 0 Å². The van der Waals surface area contributed by atoms with Crippen LogP contribution < -0.4 is 15.7 Å². The molecule has 0 aliphatic carbocycles. The number of aromatic nitrogens is 2. The van der Waals surface area contributed by atoms with Gasteiger partial charge in [0.25, 0.3) is 11.5 Å². The van der Waals surface area contributed by atoms with Crippen molar-refractivity contribution in [1.29, 1.82) is 0 Å². The summed E-state index contributed by atoms with van der Waals surface area (Å²) in [6.07, 6.45) is 1.50. The fourth-order valence-corrected chi connectivity index (χ4v) is 3.10. The Morgan fingerprint density at radius 2 is 2.08 bits per heavy atom. The molecule has 0 saturated heterocycles. The van der Waals surface area contributed by atoms with E-state index in [1.165, 1.54) is 23.6 Å². The number of thiazole rings is 1. The molecule has 134 valence electrons. The number of aryl methyl sites for hydroxylation is 3. The molecule has 0 unspecified atom stereocenters. The number of benzene rings is 1. The van der Waals surface area contributed by atoms with E-state index >= 15 is 0 Å². The van der Waals surface area contributed by atoms with Crippen LogP contribution in [0, 0.1) is 20.8 Å². The standard InChI is InChI=1S/C19H19N3O3S/c1-12-6-7-13(2)15(9-12)10-25-22-8-4-5-16(18(22)24)17(23)21-19-20-14(3)11-26-19/h4-9,11H,10H2,1-3H3,(H,20,21,23). The maximum Gasteiger partial charge on any atom is 0.295 e. The van der Waals surface area contributed by atoms with Gasteiger partial charge in [-0.25, -0.2) is 4.98 Å². The van der Waals surface area contributed by atoms with Gasteiger partial charge in [0.1, 0.15) is 12.2 Å². The number of carbonyl (C=O) groups is 1. The van der Waals surface area contributed by atoms with Gasteiger partial charge in [-0.1, -0.05) is 23.8 Å². The summed E-state index contributed by atoms with van der Waals surface area (Å²) in [6.45, 7) is 6.06. The van der Waals surface area contributed by atoms with Crippen LogP contribution >= 0.6 is 11.3 Å². The van der Waals surface area contributed by atoms with Crippen molar-refractivity contribution in [1.82, 2.24) is 9.71 Å². The number of carbonyl (C=O) groups excluding carboxylic acids is 1. The minimum atomic E-state index is -0.511. The minimum Gasteiger partial charge on any atom is -0.406 e. The van der Waals surface area contributed by atoms with Gasteiger partial charge in [-0.15, -0.1) is 11.3 Å². The topological polar surface area (TPSA) is 73.2 Å².